The van der Waals surface area contributed by atoms with Crippen molar-refractivity contribution >= 4 is 16.8 Å². The minimum absolute atomic E-state index is 0.0393. The number of benzene rings is 2. The van der Waals surface area contributed by atoms with Gasteiger partial charge in [0.25, 0.3) is 5.91 Å². The quantitative estimate of drug-likeness (QED) is 0.747. The normalized spacial score (nSPS) is 10.8. The lowest BCUT2D eigenvalue weighted by Gasteiger charge is -2.12. The topological polar surface area (TPSA) is 51.2 Å². The van der Waals surface area contributed by atoms with Crippen molar-refractivity contribution in [3.8, 4) is 5.75 Å². The molecule has 1 amide bonds. The van der Waals surface area contributed by atoms with Gasteiger partial charge in [0, 0.05) is 23.6 Å². The molecule has 0 radical (unpaired) electrons. The fourth-order valence-electron chi connectivity index (χ4n) is 2.73. The molecular formula is C20H18F2N2O2. The molecule has 1 N–H and O–H groups in total. The maximum atomic E-state index is 13.7. The molecule has 6 heteroatoms. The van der Waals surface area contributed by atoms with Crippen LogP contribution < -0.4 is 10.1 Å². The predicted molar refractivity (Wildman–Crippen MR) is 95.2 cm³/mol. The third kappa shape index (κ3) is 3.64. The number of amides is 1. The first-order valence-corrected chi connectivity index (χ1v) is 8.25. The summed E-state index contributed by atoms with van der Waals surface area (Å²) in [5.74, 6) is -0.855. The molecule has 1 aromatic heterocycles. The largest absolute Gasteiger partial charge is 0.493 e. The molecule has 0 saturated heterocycles. The van der Waals surface area contributed by atoms with Crippen LogP contribution in [0.5, 0.6) is 5.75 Å². The van der Waals surface area contributed by atoms with E-state index < -0.39 is 11.7 Å². The zero-order valence-electron chi connectivity index (χ0n) is 14.5. The van der Waals surface area contributed by atoms with E-state index in [0.29, 0.717) is 34.4 Å². The third-order valence-electron chi connectivity index (χ3n) is 3.96. The number of fused-ring (bicyclic) bond motifs is 1. The summed E-state index contributed by atoms with van der Waals surface area (Å²) in [7, 11) is 0. The van der Waals surface area contributed by atoms with Crippen molar-refractivity contribution in [2.45, 2.75) is 20.4 Å². The van der Waals surface area contributed by atoms with Gasteiger partial charge < -0.3 is 10.1 Å². The van der Waals surface area contributed by atoms with Gasteiger partial charge in [-0.05, 0) is 37.6 Å². The summed E-state index contributed by atoms with van der Waals surface area (Å²) in [6, 6.07) is 10.4. The Labute approximate surface area is 149 Å². The summed E-state index contributed by atoms with van der Waals surface area (Å²) >= 11 is 0. The minimum atomic E-state index is -0.458. The van der Waals surface area contributed by atoms with E-state index in [1.807, 2.05) is 0 Å². The average molecular weight is 356 g/mol. The summed E-state index contributed by atoms with van der Waals surface area (Å²) < 4.78 is 33.0. The van der Waals surface area contributed by atoms with E-state index >= 15 is 0 Å². The first kappa shape index (κ1) is 17.8. The number of ether oxygens (including phenoxy) is 1. The van der Waals surface area contributed by atoms with Crippen molar-refractivity contribution < 1.29 is 18.3 Å². The van der Waals surface area contributed by atoms with E-state index in [-0.39, 0.29) is 18.1 Å². The molecule has 0 atom stereocenters. The molecule has 0 fully saturated rings. The van der Waals surface area contributed by atoms with Crippen molar-refractivity contribution in [1.29, 1.82) is 0 Å². The second kappa shape index (κ2) is 7.47. The molecule has 1 heterocycles. The van der Waals surface area contributed by atoms with Crippen LogP contribution in [0.3, 0.4) is 0 Å². The highest BCUT2D eigenvalue weighted by atomic mass is 19.1. The predicted octanol–water partition coefficient (Wildman–Crippen LogP) is 4.15. The number of aromatic nitrogens is 1. The molecule has 0 unspecified atom stereocenters. The second-order valence-electron chi connectivity index (χ2n) is 5.83. The molecule has 0 saturated carbocycles. The summed E-state index contributed by atoms with van der Waals surface area (Å²) in [5.41, 5.74) is 1.61. The summed E-state index contributed by atoms with van der Waals surface area (Å²) in [4.78, 5) is 16.8. The highest BCUT2D eigenvalue weighted by molar-refractivity contribution is 5.97. The Morgan fingerprint density at radius 1 is 1.19 bits per heavy atom. The van der Waals surface area contributed by atoms with Crippen LogP contribution in [-0.2, 0) is 6.54 Å². The molecule has 0 bridgehead atoms. The van der Waals surface area contributed by atoms with Crippen LogP contribution in [0.15, 0.2) is 42.5 Å². The summed E-state index contributed by atoms with van der Waals surface area (Å²) in [6.07, 6.45) is 0. The Bertz CT molecular complexity index is 973. The lowest BCUT2D eigenvalue weighted by molar-refractivity contribution is 0.0945. The number of hydrogen-bond acceptors (Lipinski definition) is 3. The Morgan fingerprint density at radius 3 is 2.69 bits per heavy atom. The molecule has 3 rings (SSSR count). The smallest absolute Gasteiger partial charge is 0.270 e. The first-order chi connectivity index (χ1) is 12.5. The summed E-state index contributed by atoms with van der Waals surface area (Å²) in [5, 5.41) is 3.16. The van der Waals surface area contributed by atoms with Gasteiger partial charge in [-0.3, -0.25) is 4.79 Å². The molecule has 26 heavy (non-hydrogen) atoms. The molecule has 134 valence electrons. The summed E-state index contributed by atoms with van der Waals surface area (Å²) in [6.45, 7) is 3.92. The fraction of sp³-hybridized carbons (Fsp3) is 0.200. The van der Waals surface area contributed by atoms with Crippen LogP contribution in [0, 0.1) is 18.6 Å². The number of aryl methyl sites for hydroxylation is 1. The molecule has 3 aromatic rings. The van der Waals surface area contributed by atoms with E-state index in [0.717, 1.165) is 0 Å². The second-order valence-corrected chi connectivity index (χ2v) is 5.83. The number of hydrogen-bond donors (Lipinski definition) is 1. The molecule has 2 aromatic carbocycles. The molecule has 0 aliphatic heterocycles. The van der Waals surface area contributed by atoms with Gasteiger partial charge in [0.05, 0.1) is 12.1 Å². The Morgan fingerprint density at radius 2 is 1.96 bits per heavy atom. The number of halogens is 2. The first-order valence-electron chi connectivity index (χ1n) is 8.25. The van der Waals surface area contributed by atoms with E-state index in [1.54, 1.807) is 32.0 Å². The number of pyridine rings is 1. The van der Waals surface area contributed by atoms with Gasteiger partial charge in [0.2, 0.25) is 0 Å². The van der Waals surface area contributed by atoms with Gasteiger partial charge in [0.15, 0.2) is 0 Å². The SMILES string of the molecule is CCOc1cc(C(=O)NCc2ccccc2F)nc2c(C)cc(F)cc12. The Hall–Kier alpha value is -3.02. The molecule has 4 nitrogen and oxygen atoms in total. The molecular weight excluding hydrogens is 338 g/mol. The van der Waals surface area contributed by atoms with Gasteiger partial charge in [-0.25, -0.2) is 13.8 Å². The number of carbonyl (C=O) groups is 1. The highest BCUT2D eigenvalue weighted by Crippen LogP contribution is 2.29. The fourth-order valence-corrected chi connectivity index (χ4v) is 2.73. The van der Waals surface area contributed by atoms with Crippen molar-refractivity contribution in [1.82, 2.24) is 10.3 Å². The van der Waals surface area contributed by atoms with Crippen molar-refractivity contribution in [3.05, 3.63) is 70.9 Å². The van der Waals surface area contributed by atoms with Gasteiger partial charge >= 0.3 is 0 Å². The van der Waals surface area contributed by atoms with E-state index in [1.165, 1.54) is 24.3 Å². The van der Waals surface area contributed by atoms with Gasteiger partial charge in [-0.15, -0.1) is 0 Å². The lowest BCUT2D eigenvalue weighted by Crippen LogP contribution is -2.24. The van der Waals surface area contributed by atoms with Crippen LogP contribution in [0.25, 0.3) is 10.9 Å². The monoisotopic (exact) mass is 356 g/mol. The number of carbonyl (C=O) groups excluding carboxylic acids is 1. The maximum absolute atomic E-state index is 13.7. The highest BCUT2D eigenvalue weighted by Gasteiger charge is 2.15. The van der Waals surface area contributed by atoms with Crippen molar-refractivity contribution in [3.63, 3.8) is 0 Å². The molecule has 0 aliphatic rings. The number of nitrogens with one attached hydrogen (secondary N) is 1. The van der Waals surface area contributed by atoms with Crippen molar-refractivity contribution in [2.24, 2.45) is 0 Å². The van der Waals surface area contributed by atoms with E-state index in [2.05, 4.69) is 10.3 Å². The lowest BCUT2D eigenvalue weighted by atomic mass is 10.1. The van der Waals surface area contributed by atoms with Crippen molar-refractivity contribution in [2.75, 3.05) is 6.61 Å². The van der Waals surface area contributed by atoms with Crippen LogP contribution in [0.2, 0.25) is 0 Å². The average Bonchev–Trinajstić information content (AvgIpc) is 2.61. The van der Waals surface area contributed by atoms with Gasteiger partial charge in [-0.2, -0.15) is 0 Å². The van der Waals surface area contributed by atoms with Crippen LogP contribution in [0.4, 0.5) is 8.78 Å². The number of nitrogens with zero attached hydrogens (tertiary/aromatic N) is 1. The van der Waals surface area contributed by atoms with E-state index in [9.17, 15) is 13.6 Å². The standard InChI is InChI=1S/C20H18F2N2O2/c1-3-26-18-10-17(24-19-12(2)8-14(21)9-15(18)19)20(25)23-11-13-6-4-5-7-16(13)22/h4-10H,3,11H2,1-2H3,(H,23,25). The molecule has 0 spiro atoms. The zero-order valence-corrected chi connectivity index (χ0v) is 14.5. The van der Waals surface area contributed by atoms with Crippen LogP contribution in [-0.4, -0.2) is 17.5 Å². The molecule has 0 aliphatic carbocycles. The number of rotatable bonds is 5. The Balaban J connectivity index is 1.94. The Kier molecular flexibility index (Phi) is 5.11. The van der Waals surface area contributed by atoms with Crippen LogP contribution in [0.1, 0.15) is 28.5 Å². The van der Waals surface area contributed by atoms with Crippen LogP contribution >= 0.6 is 0 Å². The van der Waals surface area contributed by atoms with Gasteiger partial charge in [-0.1, -0.05) is 18.2 Å². The third-order valence-corrected chi connectivity index (χ3v) is 3.96. The minimum Gasteiger partial charge on any atom is -0.493 e. The zero-order chi connectivity index (χ0) is 18.7. The maximum Gasteiger partial charge on any atom is 0.270 e. The van der Waals surface area contributed by atoms with E-state index in [4.69, 9.17) is 4.74 Å². The van der Waals surface area contributed by atoms with Gasteiger partial charge in [0.1, 0.15) is 23.1 Å².